The van der Waals surface area contributed by atoms with Crippen molar-refractivity contribution < 1.29 is 4.74 Å². The van der Waals surface area contributed by atoms with Crippen LogP contribution < -0.4 is 4.74 Å². The number of likely N-dealkylation sites (tertiary alicyclic amines) is 1. The van der Waals surface area contributed by atoms with E-state index in [-0.39, 0.29) is 5.41 Å². The zero-order valence-corrected chi connectivity index (χ0v) is 19.2. The summed E-state index contributed by atoms with van der Waals surface area (Å²) in [5, 5.41) is 1.41. The van der Waals surface area contributed by atoms with Crippen LogP contribution in [0.1, 0.15) is 36.1 Å². The van der Waals surface area contributed by atoms with E-state index in [4.69, 9.17) is 4.74 Å². The number of nitrogens with zero attached hydrogens (tertiary/aromatic N) is 1. The molecule has 0 amide bonds. The van der Waals surface area contributed by atoms with Crippen LogP contribution in [0.3, 0.4) is 0 Å². The highest BCUT2D eigenvalue weighted by Crippen LogP contribution is 2.50. The summed E-state index contributed by atoms with van der Waals surface area (Å²) in [4.78, 5) is 6.55. The summed E-state index contributed by atoms with van der Waals surface area (Å²) < 4.78 is 6.75. The summed E-state index contributed by atoms with van der Waals surface area (Å²) >= 11 is 3.65. The van der Waals surface area contributed by atoms with E-state index >= 15 is 0 Å². The molecule has 1 N–H and O–H groups in total. The van der Waals surface area contributed by atoms with Crippen molar-refractivity contribution in [1.82, 2.24) is 9.88 Å². The molecule has 2 aromatic carbocycles. The second-order valence-corrected chi connectivity index (χ2v) is 10.6. The van der Waals surface area contributed by atoms with Crippen molar-refractivity contribution in [3.05, 3.63) is 63.8 Å². The molecule has 156 valence electrons. The summed E-state index contributed by atoms with van der Waals surface area (Å²) in [6.45, 7) is 3.74. The SMILES string of the molecule is COc1cccc([C@]23CCN(CC4CC4)CC2Cc2c([nH]c4cc(Br)ccc24)C3)c1. The Hall–Kier alpha value is -1.78. The van der Waals surface area contributed by atoms with E-state index in [0.29, 0.717) is 5.92 Å². The zero-order chi connectivity index (χ0) is 20.3. The Bertz CT molecular complexity index is 1100. The molecular formula is C26H29BrN2O. The van der Waals surface area contributed by atoms with E-state index in [1.807, 2.05) is 0 Å². The average molecular weight is 465 g/mol. The number of ether oxygens (including phenoxy) is 1. The molecule has 1 aromatic heterocycles. The van der Waals surface area contributed by atoms with E-state index in [1.54, 1.807) is 12.7 Å². The molecule has 1 aliphatic heterocycles. The lowest BCUT2D eigenvalue weighted by Crippen LogP contribution is -2.54. The van der Waals surface area contributed by atoms with E-state index in [9.17, 15) is 0 Å². The van der Waals surface area contributed by atoms with Crippen LogP contribution in [0.5, 0.6) is 5.75 Å². The number of fused-ring (bicyclic) bond motifs is 4. The van der Waals surface area contributed by atoms with Crippen LogP contribution in [0.15, 0.2) is 46.9 Å². The van der Waals surface area contributed by atoms with Crippen molar-refractivity contribution in [3.63, 3.8) is 0 Å². The van der Waals surface area contributed by atoms with Gasteiger partial charge in [-0.2, -0.15) is 0 Å². The molecule has 2 aliphatic carbocycles. The summed E-state index contributed by atoms with van der Waals surface area (Å²) in [5.74, 6) is 2.58. The second kappa shape index (κ2) is 7.13. The van der Waals surface area contributed by atoms with Crippen molar-refractivity contribution >= 4 is 26.8 Å². The maximum absolute atomic E-state index is 5.61. The minimum atomic E-state index is 0.194. The van der Waals surface area contributed by atoms with Crippen molar-refractivity contribution in [2.45, 2.75) is 37.5 Å². The van der Waals surface area contributed by atoms with E-state index in [1.165, 1.54) is 61.1 Å². The predicted octanol–water partition coefficient (Wildman–Crippen LogP) is 5.71. The normalized spacial score (nSPS) is 26.4. The first kappa shape index (κ1) is 18.9. The van der Waals surface area contributed by atoms with Gasteiger partial charge in [-0.25, -0.2) is 0 Å². The molecule has 1 unspecified atom stereocenters. The fourth-order valence-corrected chi connectivity index (χ4v) is 6.47. The number of halogens is 1. The van der Waals surface area contributed by atoms with Crippen LogP contribution in [0.25, 0.3) is 10.9 Å². The molecule has 1 saturated heterocycles. The van der Waals surface area contributed by atoms with Gasteiger partial charge < -0.3 is 14.6 Å². The number of rotatable bonds is 4. The van der Waals surface area contributed by atoms with Gasteiger partial charge in [-0.15, -0.1) is 0 Å². The number of piperidine rings is 1. The van der Waals surface area contributed by atoms with Gasteiger partial charge in [0.15, 0.2) is 0 Å². The molecule has 1 saturated carbocycles. The highest BCUT2D eigenvalue weighted by molar-refractivity contribution is 9.10. The Morgan fingerprint density at radius 1 is 1.20 bits per heavy atom. The first-order chi connectivity index (χ1) is 14.6. The fourth-order valence-electron chi connectivity index (χ4n) is 6.11. The molecule has 3 aliphatic rings. The van der Waals surface area contributed by atoms with Gasteiger partial charge in [0.05, 0.1) is 7.11 Å². The predicted molar refractivity (Wildman–Crippen MR) is 125 cm³/mol. The van der Waals surface area contributed by atoms with Gasteiger partial charge in [0.25, 0.3) is 0 Å². The van der Waals surface area contributed by atoms with Gasteiger partial charge in [0.1, 0.15) is 5.75 Å². The van der Waals surface area contributed by atoms with Gasteiger partial charge in [0, 0.05) is 39.6 Å². The van der Waals surface area contributed by atoms with E-state index in [0.717, 1.165) is 29.0 Å². The third-order valence-corrected chi connectivity index (χ3v) is 8.38. The minimum absolute atomic E-state index is 0.194. The largest absolute Gasteiger partial charge is 0.497 e. The van der Waals surface area contributed by atoms with Gasteiger partial charge in [0.2, 0.25) is 0 Å². The number of benzene rings is 2. The molecule has 0 radical (unpaired) electrons. The molecule has 6 rings (SSSR count). The highest BCUT2D eigenvalue weighted by Gasteiger charge is 2.48. The second-order valence-electron chi connectivity index (χ2n) is 9.69. The first-order valence-electron chi connectivity index (χ1n) is 11.3. The zero-order valence-electron chi connectivity index (χ0n) is 17.6. The Kier molecular flexibility index (Phi) is 4.50. The van der Waals surface area contributed by atoms with Crippen molar-refractivity contribution in [3.8, 4) is 5.75 Å². The quantitative estimate of drug-likeness (QED) is 0.535. The lowest BCUT2D eigenvalue weighted by Gasteiger charge is -2.51. The number of nitrogens with one attached hydrogen (secondary N) is 1. The Morgan fingerprint density at radius 3 is 2.93 bits per heavy atom. The van der Waals surface area contributed by atoms with E-state index in [2.05, 4.69) is 68.3 Å². The third-order valence-electron chi connectivity index (χ3n) is 7.89. The lowest BCUT2D eigenvalue weighted by atomic mass is 9.58. The number of methoxy groups -OCH3 is 1. The summed E-state index contributed by atoms with van der Waals surface area (Å²) in [7, 11) is 1.78. The number of hydrogen-bond acceptors (Lipinski definition) is 2. The number of H-pyrrole nitrogens is 1. The fraction of sp³-hybridized carbons (Fsp3) is 0.462. The summed E-state index contributed by atoms with van der Waals surface area (Å²) in [6, 6.07) is 15.6. The van der Waals surface area contributed by atoms with Gasteiger partial charge in [-0.1, -0.05) is 34.1 Å². The van der Waals surface area contributed by atoms with Crippen LogP contribution in [0, 0.1) is 11.8 Å². The molecule has 4 heteroatoms. The van der Waals surface area contributed by atoms with Crippen molar-refractivity contribution in [1.29, 1.82) is 0 Å². The first-order valence-corrected chi connectivity index (χ1v) is 12.1. The van der Waals surface area contributed by atoms with E-state index < -0.39 is 0 Å². The molecule has 2 atom stereocenters. The Labute approximate surface area is 186 Å². The van der Waals surface area contributed by atoms with Gasteiger partial charge in [-0.05, 0) is 85.9 Å². The Balaban J connectivity index is 1.44. The van der Waals surface area contributed by atoms with Crippen LogP contribution >= 0.6 is 15.9 Å². The molecule has 0 bridgehead atoms. The van der Waals surface area contributed by atoms with Crippen LogP contribution in [-0.4, -0.2) is 36.6 Å². The number of aromatic amines is 1. The molecule has 2 fully saturated rings. The number of aromatic nitrogens is 1. The Morgan fingerprint density at radius 2 is 2.10 bits per heavy atom. The standard InChI is InChI=1S/C26H29BrN2O/c1-30-21-4-2-3-18(11-21)26-9-10-29(15-17-5-6-17)16-19(26)12-23-22-8-7-20(27)13-24(22)28-25(23)14-26/h2-4,7-8,11,13,17,19,28H,5-6,9-10,12,14-16H2,1H3/t19?,26-/m1/s1. The summed E-state index contributed by atoms with van der Waals surface area (Å²) in [6.07, 6.45) is 6.36. The maximum Gasteiger partial charge on any atom is 0.119 e. The molecule has 2 heterocycles. The molecule has 0 spiro atoms. The van der Waals surface area contributed by atoms with Crippen LogP contribution in [0.4, 0.5) is 0 Å². The monoisotopic (exact) mass is 464 g/mol. The van der Waals surface area contributed by atoms with Crippen LogP contribution in [0.2, 0.25) is 0 Å². The topological polar surface area (TPSA) is 28.3 Å². The van der Waals surface area contributed by atoms with Gasteiger partial charge in [-0.3, -0.25) is 0 Å². The maximum atomic E-state index is 5.61. The molecule has 3 nitrogen and oxygen atoms in total. The van der Waals surface area contributed by atoms with Crippen molar-refractivity contribution in [2.24, 2.45) is 11.8 Å². The minimum Gasteiger partial charge on any atom is -0.497 e. The summed E-state index contributed by atoms with van der Waals surface area (Å²) in [5.41, 5.74) is 5.92. The molecular weight excluding hydrogens is 436 g/mol. The van der Waals surface area contributed by atoms with Crippen molar-refractivity contribution in [2.75, 3.05) is 26.7 Å². The lowest BCUT2D eigenvalue weighted by molar-refractivity contribution is 0.0783. The molecule has 3 aromatic rings. The van der Waals surface area contributed by atoms with Gasteiger partial charge >= 0.3 is 0 Å². The number of hydrogen-bond donors (Lipinski definition) is 1. The smallest absolute Gasteiger partial charge is 0.119 e. The average Bonchev–Trinajstić information content (AvgIpc) is 3.51. The third kappa shape index (κ3) is 3.11. The highest BCUT2D eigenvalue weighted by atomic mass is 79.9. The van der Waals surface area contributed by atoms with Crippen LogP contribution in [-0.2, 0) is 18.3 Å². The molecule has 30 heavy (non-hydrogen) atoms.